The number of thiophene rings is 1. The van der Waals surface area contributed by atoms with E-state index in [1.54, 1.807) is 13.0 Å². The van der Waals surface area contributed by atoms with E-state index in [4.69, 9.17) is 10.6 Å². The molecule has 0 saturated carbocycles. The first-order chi connectivity index (χ1) is 6.66. The summed E-state index contributed by atoms with van der Waals surface area (Å²) in [6.07, 6.45) is 0. The highest BCUT2D eigenvalue weighted by atomic mass is 32.1. The minimum atomic E-state index is -1.18. The van der Waals surface area contributed by atoms with Crippen molar-refractivity contribution < 1.29 is 9.90 Å². The molecule has 0 aromatic carbocycles. The van der Waals surface area contributed by atoms with Gasteiger partial charge in [0.25, 0.3) is 0 Å². The molecule has 0 spiro atoms. The molecule has 0 radical (unpaired) electrons. The third-order valence-corrected chi connectivity index (χ3v) is 2.35. The fourth-order valence-electron chi connectivity index (χ4n) is 0.943. The van der Waals surface area contributed by atoms with Gasteiger partial charge in [-0.2, -0.15) is 11.3 Å². The van der Waals surface area contributed by atoms with E-state index in [9.17, 15) is 4.79 Å². The van der Waals surface area contributed by atoms with Crippen LogP contribution in [0.4, 0.5) is 0 Å². The highest BCUT2D eigenvalue weighted by Gasteiger charge is 2.17. The molecule has 72 valence electrons. The van der Waals surface area contributed by atoms with Gasteiger partial charge in [-0.25, -0.2) is 4.79 Å². The van der Waals surface area contributed by atoms with Crippen molar-refractivity contribution in [2.45, 2.75) is 6.92 Å². The fourth-order valence-corrected chi connectivity index (χ4v) is 1.65. The van der Waals surface area contributed by atoms with E-state index >= 15 is 0 Å². The molecule has 0 aliphatic carbocycles. The van der Waals surface area contributed by atoms with E-state index < -0.39 is 5.97 Å². The molecule has 1 aromatic heterocycles. The molecular formula is C8H8N3O2S+. The monoisotopic (exact) mass is 210 g/mol. The molecule has 6 heteroatoms. The van der Waals surface area contributed by atoms with Crippen LogP contribution in [0, 0.1) is 5.53 Å². The lowest BCUT2D eigenvalue weighted by Gasteiger charge is -1.95. The summed E-state index contributed by atoms with van der Waals surface area (Å²) in [7, 11) is 0. The molecule has 0 aliphatic heterocycles. The predicted octanol–water partition coefficient (Wildman–Crippen LogP) is 2.11. The minimum Gasteiger partial charge on any atom is -0.476 e. The quantitative estimate of drug-likeness (QED) is 0.454. The molecule has 14 heavy (non-hydrogen) atoms. The van der Waals surface area contributed by atoms with Gasteiger partial charge in [0.15, 0.2) is 5.11 Å². The number of nitrogens with zero attached hydrogens (tertiary/aromatic N) is 2. The van der Waals surface area contributed by atoms with Crippen molar-refractivity contribution in [2.24, 2.45) is 5.11 Å². The number of carboxylic acid groups (broad SMARTS) is 1. The second-order valence-electron chi connectivity index (χ2n) is 2.49. The molecule has 0 atom stereocenters. The molecular weight excluding hydrogens is 202 g/mol. The van der Waals surface area contributed by atoms with Gasteiger partial charge in [-0.05, 0) is 34.9 Å². The third-order valence-electron chi connectivity index (χ3n) is 1.66. The second-order valence-corrected chi connectivity index (χ2v) is 3.27. The van der Waals surface area contributed by atoms with Crippen LogP contribution in [0.15, 0.2) is 27.6 Å². The molecule has 1 aromatic rings. The Morgan fingerprint density at radius 3 is 2.86 bits per heavy atom. The molecule has 0 amide bonds. The van der Waals surface area contributed by atoms with Crippen LogP contribution in [-0.2, 0) is 4.79 Å². The smallest absolute Gasteiger partial charge is 0.362 e. The average Bonchev–Trinajstić information content (AvgIpc) is 2.65. The zero-order valence-corrected chi connectivity index (χ0v) is 8.21. The average molecular weight is 210 g/mol. The molecule has 0 saturated heterocycles. The molecule has 0 bridgehead atoms. The Morgan fingerprint density at radius 2 is 2.43 bits per heavy atom. The summed E-state index contributed by atoms with van der Waals surface area (Å²) >= 11 is 1.47. The van der Waals surface area contributed by atoms with E-state index in [2.05, 4.69) is 10.0 Å². The number of hydrogen-bond acceptors (Lipinski definition) is 4. The SMILES string of the molecule is CC(=C(N=[N+]=N)C(=O)O)c1ccsc1. The van der Waals surface area contributed by atoms with E-state index in [-0.39, 0.29) is 5.70 Å². The van der Waals surface area contributed by atoms with E-state index in [1.807, 2.05) is 10.8 Å². The topological polar surface area (TPSA) is 87.6 Å². The number of hydrogen-bond donors (Lipinski definition) is 2. The molecule has 0 fully saturated rings. The summed E-state index contributed by atoms with van der Waals surface area (Å²) in [5.74, 6) is -1.18. The Morgan fingerprint density at radius 1 is 1.71 bits per heavy atom. The van der Waals surface area contributed by atoms with Crippen LogP contribution in [0.2, 0.25) is 0 Å². The molecule has 1 rings (SSSR count). The number of nitrogens with one attached hydrogen (secondary N) is 1. The predicted molar refractivity (Wildman–Crippen MR) is 51.8 cm³/mol. The van der Waals surface area contributed by atoms with Gasteiger partial charge >= 0.3 is 5.97 Å². The van der Waals surface area contributed by atoms with Gasteiger partial charge in [-0.1, -0.05) is 0 Å². The standard InChI is InChI=1S/C8H7N3O2S/c1-5(6-2-3-14-4-6)7(8(12)13)10-11-9/h2-4,9H,1H3/p+1. The van der Waals surface area contributed by atoms with Crippen LogP contribution in [0.3, 0.4) is 0 Å². The van der Waals surface area contributed by atoms with E-state index in [1.165, 1.54) is 11.3 Å². The lowest BCUT2D eigenvalue weighted by atomic mass is 10.1. The lowest BCUT2D eigenvalue weighted by Crippen LogP contribution is -2.00. The zero-order chi connectivity index (χ0) is 10.6. The maximum Gasteiger partial charge on any atom is 0.362 e. The van der Waals surface area contributed by atoms with E-state index in [0.29, 0.717) is 5.57 Å². The first-order valence-corrected chi connectivity index (χ1v) is 4.65. The van der Waals surface area contributed by atoms with Crippen molar-refractivity contribution in [1.82, 2.24) is 4.91 Å². The summed E-state index contributed by atoms with van der Waals surface area (Å²) in [6, 6.07) is 1.79. The van der Waals surface area contributed by atoms with Gasteiger partial charge in [0.1, 0.15) is 5.53 Å². The Balaban J connectivity index is 3.24. The van der Waals surface area contributed by atoms with Crippen molar-refractivity contribution in [1.29, 1.82) is 5.53 Å². The summed E-state index contributed by atoms with van der Waals surface area (Å²) in [5, 5.41) is 15.7. The van der Waals surface area contributed by atoms with Crippen molar-refractivity contribution in [3.63, 3.8) is 0 Å². The van der Waals surface area contributed by atoms with Crippen LogP contribution in [0.5, 0.6) is 0 Å². The largest absolute Gasteiger partial charge is 0.476 e. The first kappa shape index (κ1) is 10.3. The van der Waals surface area contributed by atoms with Crippen molar-refractivity contribution in [3.8, 4) is 0 Å². The third kappa shape index (κ3) is 2.12. The number of allylic oxidation sites excluding steroid dienone is 1. The molecule has 2 N–H and O–H groups in total. The Kier molecular flexibility index (Phi) is 3.28. The normalized spacial score (nSPS) is 11.5. The molecule has 0 aliphatic rings. The van der Waals surface area contributed by atoms with Gasteiger partial charge in [0.2, 0.25) is 10.6 Å². The van der Waals surface area contributed by atoms with Gasteiger partial charge in [-0.15, -0.1) is 0 Å². The Labute approximate surface area is 83.9 Å². The highest BCUT2D eigenvalue weighted by molar-refractivity contribution is 7.08. The number of aliphatic carboxylic acids is 1. The Hall–Kier alpha value is -1.78. The number of rotatable bonds is 3. The maximum absolute atomic E-state index is 10.7. The summed E-state index contributed by atoms with van der Waals surface area (Å²) in [4.78, 5) is 13.5. The second kappa shape index (κ2) is 4.45. The van der Waals surface area contributed by atoms with Crippen LogP contribution < -0.4 is 4.91 Å². The van der Waals surface area contributed by atoms with Gasteiger partial charge in [0, 0.05) is 0 Å². The molecule has 5 nitrogen and oxygen atoms in total. The first-order valence-electron chi connectivity index (χ1n) is 3.71. The Bertz CT molecular complexity index is 412. The fraction of sp³-hybridized carbons (Fsp3) is 0.125. The van der Waals surface area contributed by atoms with Crippen LogP contribution in [-0.4, -0.2) is 11.1 Å². The van der Waals surface area contributed by atoms with Crippen LogP contribution in [0.25, 0.3) is 5.57 Å². The zero-order valence-electron chi connectivity index (χ0n) is 7.39. The number of carbonyl (C=O) groups is 1. The van der Waals surface area contributed by atoms with Gasteiger partial charge in [0.05, 0.1) is 0 Å². The van der Waals surface area contributed by atoms with Crippen molar-refractivity contribution in [2.75, 3.05) is 0 Å². The maximum atomic E-state index is 10.7. The van der Waals surface area contributed by atoms with Crippen LogP contribution in [0.1, 0.15) is 12.5 Å². The van der Waals surface area contributed by atoms with E-state index in [0.717, 1.165) is 5.56 Å². The highest BCUT2D eigenvalue weighted by Crippen LogP contribution is 2.21. The summed E-state index contributed by atoms with van der Waals surface area (Å²) in [5.41, 5.74) is 7.61. The van der Waals surface area contributed by atoms with Gasteiger partial charge in [-0.3, -0.25) is 0 Å². The lowest BCUT2D eigenvalue weighted by molar-refractivity contribution is -0.132. The molecule has 1 heterocycles. The van der Waals surface area contributed by atoms with Crippen LogP contribution >= 0.6 is 11.3 Å². The van der Waals surface area contributed by atoms with Crippen molar-refractivity contribution in [3.05, 3.63) is 28.1 Å². The summed E-state index contributed by atoms with van der Waals surface area (Å²) < 4.78 is 0. The van der Waals surface area contributed by atoms with Gasteiger partial charge < -0.3 is 5.11 Å². The summed E-state index contributed by atoms with van der Waals surface area (Å²) in [6.45, 7) is 1.64. The molecule has 0 unspecified atom stereocenters. The minimum absolute atomic E-state index is 0.196. The van der Waals surface area contributed by atoms with Crippen molar-refractivity contribution >= 4 is 22.9 Å². The number of carboxylic acids is 1.